The first-order chi connectivity index (χ1) is 29.5. The van der Waals surface area contributed by atoms with E-state index >= 15 is 0 Å². The minimum Gasteiger partial charge on any atom is -0.491 e. The summed E-state index contributed by atoms with van der Waals surface area (Å²) in [7, 11) is -2.29. The van der Waals surface area contributed by atoms with Gasteiger partial charge in [-0.25, -0.2) is 9.78 Å². The second-order valence-electron chi connectivity index (χ2n) is 15.6. The second kappa shape index (κ2) is 28.9. The number of nitrogens with zero attached hydrogens (tertiary/aromatic N) is 3. The van der Waals surface area contributed by atoms with Gasteiger partial charge < -0.3 is 24.4 Å². The van der Waals surface area contributed by atoms with Crippen molar-refractivity contribution < 1.29 is 46.0 Å². The third-order valence-corrected chi connectivity index (χ3v) is 11.3. The predicted molar refractivity (Wildman–Crippen MR) is 243 cm³/mol. The molecule has 2 fully saturated rings. The highest BCUT2D eigenvalue weighted by Gasteiger charge is 2.28. The Labute approximate surface area is 373 Å². The van der Waals surface area contributed by atoms with Gasteiger partial charge in [0, 0.05) is 31.1 Å². The normalized spacial score (nSPS) is 14.2. The molecule has 3 aromatic rings. The molecule has 1 aliphatic heterocycles. The molecular weight excluding hydrogens is 833 g/mol. The van der Waals surface area contributed by atoms with E-state index < -0.39 is 27.9 Å². The largest absolute Gasteiger partial charge is 0.491 e. The molecule has 0 radical (unpaired) electrons. The number of rotatable bonds is 15. The molecule has 1 aliphatic carbocycles. The molecule has 2 heterocycles. The van der Waals surface area contributed by atoms with Crippen molar-refractivity contribution in [2.24, 2.45) is 0 Å². The zero-order valence-electron chi connectivity index (χ0n) is 37.9. The number of carbonyl (C=O) groups excluding carboxylic acids is 4. The summed E-state index contributed by atoms with van der Waals surface area (Å²) in [4.78, 5) is 55.2. The number of likely N-dealkylation sites (tertiary alicyclic amines) is 1. The topological polar surface area (TPSA) is 171 Å². The molecule has 2 aliphatic rings. The maximum absolute atomic E-state index is 12.3. The molecule has 16 heteroatoms. The Hall–Kier alpha value is -4.64. The van der Waals surface area contributed by atoms with Gasteiger partial charge in [0.2, 0.25) is 17.6 Å². The van der Waals surface area contributed by atoms with Gasteiger partial charge >= 0.3 is 6.09 Å². The summed E-state index contributed by atoms with van der Waals surface area (Å²) < 4.78 is 45.2. The lowest BCUT2D eigenvalue weighted by Crippen LogP contribution is -2.49. The van der Waals surface area contributed by atoms with Crippen molar-refractivity contribution in [3.8, 4) is 5.75 Å². The third-order valence-electron chi connectivity index (χ3n) is 9.38. The molecule has 2 aromatic carbocycles. The highest BCUT2D eigenvalue weighted by atomic mass is 32.2. The summed E-state index contributed by atoms with van der Waals surface area (Å²) in [5, 5.41) is 4.28. The van der Waals surface area contributed by atoms with Gasteiger partial charge in [0.15, 0.2) is 0 Å². The van der Waals surface area contributed by atoms with Crippen molar-refractivity contribution in [2.75, 3.05) is 53.1 Å². The molecule has 1 atom stereocenters. The third kappa shape index (κ3) is 21.4. The number of allylic oxidation sites excluding steroid dienone is 2. The Morgan fingerprint density at radius 2 is 1.48 bits per heavy atom. The minimum absolute atomic E-state index is 0.0364. The number of ether oxygens (including phenoxy) is 3. The van der Waals surface area contributed by atoms with Crippen LogP contribution in [0.25, 0.3) is 0 Å². The van der Waals surface area contributed by atoms with Crippen molar-refractivity contribution in [1.82, 2.24) is 20.1 Å². The van der Waals surface area contributed by atoms with Crippen molar-refractivity contribution >= 4 is 45.1 Å². The molecule has 0 spiro atoms. The highest BCUT2D eigenvalue weighted by Crippen LogP contribution is 2.18. The first-order valence-corrected chi connectivity index (χ1v) is 23.6. The fourth-order valence-electron chi connectivity index (χ4n) is 5.61. The Morgan fingerprint density at radius 3 is 2.03 bits per heavy atom. The highest BCUT2D eigenvalue weighted by molar-refractivity contribution is 7.86. The number of nitrogens with one attached hydrogen (secondary N) is 1. The SMILES string of the molecule is C/C=C\C.C1CCCCC1.CC(C(=O)NCC(=O)N1CCCC1)N(C)C(=O)OC(C)(C)C.Cc1ccc(S(=O)(=O)OCCOCCOc2cccc(C(=O)c3cscn3)c2)cc1. The van der Waals surface area contributed by atoms with Crippen LogP contribution in [0.2, 0.25) is 0 Å². The molecule has 1 unspecified atom stereocenters. The monoisotopic (exact) mass is 900 g/mol. The molecule has 1 N–H and O–H groups in total. The number of hydrogen-bond donors (Lipinski definition) is 1. The zero-order chi connectivity index (χ0) is 46.0. The van der Waals surface area contributed by atoms with Crippen molar-refractivity contribution in [3.05, 3.63) is 88.4 Å². The van der Waals surface area contributed by atoms with Crippen molar-refractivity contribution in [1.29, 1.82) is 0 Å². The molecule has 62 heavy (non-hydrogen) atoms. The maximum atomic E-state index is 12.3. The fraction of sp³-hybridized carbons (Fsp3) is 0.543. The first kappa shape index (κ1) is 53.5. The van der Waals surface area contributed by atoms with E-state index in [1.54, 1.807) is 79.9 Å². The quantitative estimate of drug-likeness (QED) is 0.0673. The molecule has 1 saturated carbocycles. The van der Waals surface area contributed by atoms with Crippen LogP contribution in [0.4, 0.5) is 4.79 Å². The van der Waals surface area contributed by atoms with E-state index in [1.165, 1.54) is 73.9 Å². The lowest BCUT2D eigenvalue weighted by atomic mass is 10.0. The van der Waals surface area contributed by atoms with E-state index in [4.69, 9.17) is 18.4 Å². The van der Waals surface area contributed by atoms with Crippen LogP contribution >= 0.6 is 11.3 Å². The first-order valence-electron chi connectivity index (χ1n) is 21.3. The number of carbonyl (C=O) groups is 4. The van der Waals surface area contributed by atoms with E-state index in [1.807, 2.05) is 32.9 Å². The summed E-state index contributed by atoms with van der Waals surface area (Å²) in [6.07, 6.45) is 14.5. The van der Waals surface area contributed by atoms with Gasteiger partial charge in [0.25, 0.3) is 10.1 Å². The van der Waals surface area contributed by atoms with Gasteiger partial charge in [0.1, 0.15) is 29.7 Å². The number of aryl methyl sites for hydroxylation is 1. The van der Waals surface area contributed by atoms with Crippen LogP contribution in [-0.2, 0) is 33.4 Å². The van der Waals surface area contributed by atoms with E-state index in [0.717, 1.165) is 31.5 Å². The van der Waals surface area contributed by atoms with E-state index in [9.17, 15) is 27.6 Å². The van der Waals surface area contributed by atoms with Crippen LogP contribution in [0.15, 0.2) is 76.5 Å². The van der Waals surface area contributed by atoms with Gasteiger partial charge in [-0.2, -0.15) is 8.42 Å². The predicted octanol–water partition coefficient (Wildman–Crippen LogP) is 8.39. The van der Waals surface area contributed by atoms with Crippen molar-refractivity contribution in [3.63, 3.8) is 0 Å². The molecular formula is C46H68N4O10S2. The number of hydrogen-bond acceptors (Lipinski definition) is 12. The van der Waals surface area contributed by atoms with Gasteiger partial charge in [-0.05, 0) is 85.6 Å². The second-order valence-corrected chi connectivity index (χ2v) is 18.0. The summed E-state index contributed by atoms with van der Waals surface area (Å²) >= 11 is 1.36. The summed E-state index contributed by atoms with van der Waals surface area (Å²) in [5.41, 5.74) is 2.86. The number of likely N-dealkylation sites (N-methyl/N-ethyl adjacent to an activating group) is 1. The summed E-state index contributed by atoms with van der Waals surface area (Å²) in [5.74, 6) is -0.0818. The Balaban J connectivity index is 0.000000359. The van der Waals surface area contributed by atoms with Gasteiger partial charge in [-0.15, -0.1) is 11.3 Å². The summed E-state index contributed by atoms with van der Waals surface area (Å²) in [6.45, 7) is 14.7. The molecule has 14 nitrogen and oxygen atoms in total. The lowest BCUT2D eigenvalue weighted by molar-refractivity contribution is -0.133. The number of ketones is 1. The average molecular weight is 901 g/mol. The van der Waals surface area contributed by atoms with Gasteiger partial charge in [0.05, 0.1) is 36.8 Å². The van der Waals surface area contributed by atoms with E-state index in [0.29, 0.717) is 17.0 Å². The fourth-order valence-corrected chi connectivity index (χ4v) is 7.04. The molecule has 0 bridgehead atoms. The lowest BCUT2D eigenvalue weighted by Gasteiger charge is -2.28. The minimum atomic E-state index is -3.79. The van der Waals surface area contributed by atoms with Crippen LogP contribution in [0.5, 0.6) is 5.75 Å². The molecule has 1 aromatic heterocycles. The molecule has 344 valence electrons. The van der Waals surface area contributed by atoms with Crippen LogP contribution in [0, 0.1) is 6.92 Å². The van der Waals surface area contributed by atoms with E-state index in [2.05, 4.69) is 10.3 Å². The van der Waals surface area contributed by atoms with E-state index in [-0.39, 0.29) is 55.5 Å². The molecule has 1 saturated heterocycles. The van der Waals surface area contributed by atoms with Crippen LogP contribution in [-0.4, -0.2) is 112 Å². The Morgan fingerprint density at radius 1 is 0.887 bits per heavy atom. The van der Waals surface area contributed by atoms with Crippen LogP contribution in [0.1, 0.15) is 115 Å². The molecule has 3 amide bonds. The number of amides is 3. The van der Waals surface area contributed by atoms with Gasteiger partial charge in [-0.1, -0.05) is 80.5 Å². The maximum Gasteiger partial charge on any atom is 0.410 e. The smallest absolute Gasteiger partial charge is 0.410 e. The molecule has 5 rings (SSSR count). The number of aromatic nitrogens is 1. The number of thiazole rings is 1. The summed E-state index contributed by atoms with van der Waals surface area (Å²) in [6, 6.07) is 12.6. The van der Waals surface area contributed by atoms with Crippen LogP contribution in [0.3, 0.4) is 0 Å². The van der Waals surface area contributed by atoms with Crippen LogP contribution < -0.4 is 10.1 Å². The Kier molecular flexibility index (Phi) is 24.9. The number of benzene rings is 2. The zero-order valence-corrected chi connectivity index (χ0v) is 39.5. The van der Waals surface area contributed by atoms with Gasteiger partial charge in [-0.3, -0.25) is 23.5 Å². The Bertz CT molecular complexity index is 1890. The average Bonchev–Trinajstić information content (AvgIpc) is 4.02. The standard InChI is InChI=1S/C21H21NO6S2.C15H27N3O4.C6H12.C4H8/c1-16-5-7-19(8-6-16)30(24,25)28-12-10-26-9-11-27-18-4-2-3-17(13-18)21(23)20-14-29-15-22-20;1-11(17(5)14(21)22-15(2,3)4)13(20)16-10-12(19)18-8-6-7-9-18;1-2-4-6-5-3-1;1-3-4-2/h2-8,13-15H,9-12H2,1H3;11H,6-10H2,1-5H3,(H,16,20);1-6H2;3-4H,1-2H3/b;;;4-3-. The van der Waals surface area contributed by atoms with Crippen molar-refractivity contribution in [2.45, 2.75) is 116 Å².